The van der Waals surface area contributed by atoms with Crippen LogP contribution in [-0.2, 0) is 11.2 Å². The van der Waals surface area contributed by atoms with Crippen molar-refractivity contribution in [3.05, 3.63) is 58.9 Å². The summed E-state index contributed by atoms with van der Waals surface area (Å²) < 4.78 is 18.4. The van der Waals surface area contributed by atoms with Gasteiger partial charge < -0.3 is 10.1 Å². The van der Waals surface area contributed by atoms with Crippen LogP contribution in [0.2, 0.25) is 0 Å². The van der Waals surface area contributed by atoms with E-state index in [0.717, 1.165) is 16.8 Å². The highest BCUT2D eigenvalue weighted by molar-refractivity contribution is 5.93. The molecule has 2 aromatic rings. The van der Waals surface area contributed by atoms with Crippen LogP contribution < -0.4 is 10.1 Å². The zero-order valence-corrected chi connectivity index (χ0v) is 12.4. The molecule has 1 N–H and O–H groups in total. The Morgan fingerprint density at radius 2 is 1.95 bits per heavy atom. The lowest BCUT2D eigenvalue weighted by Crippen LogP contribution is -2.15. The number of ether oxygens (including phenoxy) is 1. The van der Waals surface area contributed by atoms with Gasteiger partial charge in [0.05, 0.1) is 13.5 Å². The molecule has 2 rings (SSSR count). The highest BCUT2D eigenvalue weighted by Crippen LogP contribution is 2.19. The van der Waals surface area contributed by atoms with Crippen molar-refractivity contribution in [1.29, 1.82) is 0 Å². The Morgan fingerprint density at radius 1 is 1.19 bits per heavy atom. The lowest BCUT2D eigenvalue weighted by molar-refractivity contribution is -0.115. The first-order valence-electron chi connectivity index (χ1n) is 6.69. The fourth-order valence-corrected chi connectivity index (χ4v) is 2.15. The molecule has 0 radical (unpaired) electrons. The SMILES string of the molecule is COc1ccc(CC(=O)Nc2ccc(C)cc2C)cc1F. The number of hydrogen-bond donors (Lipinski definition) is 1. The molecule has 21 heavy (non-hydrogen) atoms. The van der Waals surface area contributed by atoms with E-state index < -0.39 is 5.82 Å². The normalized spacial score (nSPS) is 10.3. The molecule has 3 nitrogen and oxygen atoms in total. The van der Waals surface area contributed by atoms with E-state index in [-0.39, 0.29) is 18.1 Å². The molecule has 1 amide bonds. The molecule has 0 saturated heterocycles. The maximum atomic E-state index is 13.6. The number of benzene rings is 2. The molecule has 0 atom stereocenters. The molecule has 0 heterocycles. The molecule has 0 aromatic heterocycles. The fourth-order valence-electron chi connectivity index (χ4n) is 2.15. The number of rotatable bonds is 4. The van der Waals surface area contributed by atoms with Gasteiger partial charge in [-0.05, 0) is 43.2 Å². The number of amides is 1. The lowest BCUT2D eigenvalue weighted by Gasteiger charge is -2.10. The van der Waals surface area contributed by atoms with Crippen molar-refractivity contribution in [1.82, 2.24) is 0 Å². The first kappa shape index (κ1) is 15.0. The summed E-state index contributed by atoms with van der Waals surface area (Å²) in [6.45, 7) is 3.94. The third kappa shape index (κ3) is 3.81. The minimum absolute atomic E-state index is 0.119. The summed E-state index contributed by atoms with van der Waals surface area (Å²) in [6.07, 6.45) is 0.119. The van der Waals surface area contributed by atoms with Gasteiger partial charge in [-0.3, -0.25) is 4.79 Å². The molecule has 0 unspecified atom stereocenters. The Labute approximate surface area is 123 Å². The second-order valence-corrected chi connectivity index (χ2v) is 5.01. The number of carbonyl (C=O) groups is 1. The van der Waals surface area contributed by atoms with E-state index in [0.29, 0.717) is 5.56 Å². The molecule has 0 aliphatic heterocycles. The van der Waals surface area contributed by atoms with Gasteiger partial charge in [0.2, 0.25) is 5.91 Å². The molecule has 110 valence electrons. The molecule has 0 fully saturated rings. The van der Waals surface area contributed by atoms with Crippen molar-refractivity contribution in [2.24, 2.45) is 0 Å². The number of halogens is 1. The average molecular weight is 287 g/mol. The zero-order chi connectivity index (χ0) is 15.4. The molecular formula is C17H18FNO2. The number of nitrogens with one attached hydrogen (secondary N) is 1. The maximum Gasteiger partial charge on any atom is 0.228 e. The van der Waals surface area contributed by atoms with Crippen molar-refractivity contribution in [2.75, 3.05) is 12.4 Å². The summed E-state index contributed by atoms with van der Waals surface area (Å²) in [5, 5.41) is 2.84. The van der Waals surface area contributed by atoms with Crippen molar-refractivity contribution < 1.29 is 13.9 Å². The largest absolute Gasteiger partial charge is 0.494 e. The van der Waals surface area contributed by atoms with Gasteiger partial charge in [-0.25, -0.2) is 4.39 Å². The monoisotopic (exact) mass is 287 g/mol. The number of methoxy groups -OCH3 is 1. The van der Waals surface area contributed by atoms with Crippen LogP contribution in [0.3, 0.4) is 0 Å². The lowest BCUT2D eigenvalue weighted by atomic mass is 10.1. The first-order chi connectivity index (χ1) is 9.99. The van der Waals surface area contributed by atoms with Gasteiger partial charge in [-0.1, -0.05) is 23.8 Å². The van der Waals surface area contributed by atoms with Gasteiger partial charge in [-0.15, -0.1) is 0 Å². The summed E-state index contributed by atoms with van der Waals surface area (Å²) in [6, 6.07) is 10.3. The van der Waals surface area contributed by atoms with Crippen molar-refractivity contribution >= 4 is 11.6 Å². The van der Waals surface area contributed by atoms with Gasteiger partial charge in [0, 0.05) is 5.69 Å². The molecule has 0 aliphatic carbocycles. The van der Waals surface area contributed by atoms with Crippen molar-refractivity contribution in [2.45, 2.75) is 20.3 Å². The fraction of sp³-hybridized carbons (Fsp3) is 0.235. The maximum absolute atomic E-state index is 13.6. The molecule has 2 aromatic carbocycles. The van der Waals surface area contributed by atoms with Crippen LogP contribution in [0.4, 0.5) is 10.1 Å². The van der Waals surface area contributed by atoms with Crippen molar-refractivity contribution in [3.8, 4) is 5.75 Å². The summed E-state index contributed by atoms with van der Waals surface area (Å²) in [4.78, 5) is 12.0. The summed E-state index contributed by atoms with van der Waals surface area (Å²) in [5.74, 6) is -0.464. The van der Waals surface area contributed by atoms with Gasteiger partial charge in [0.1, 0.15) is 0 Å². The number of anilines is 1. The Balaban J connectivity index is 2.06. The highest BCUT2D eigenvalue weighted by Gasteiger charge is 2.09. The standard InChI is InChI=1S/C17H18FNO2/c1-11-4-6-15(12(2)8-11)19-17(20)10-13-5-7-16(21-3)14(18)9-13/h4-9H,10H2,1-3H3,(H,19,20). The van der Waals surface area contributed by atoms with Gasteiger partial charge in [-0.2, -0.15) is 0 Å². The van der Waals surface area contributed by atoms with Gasteiger partial charge in [0.15, 0.2) is 11.6 Å². The van der Waals surface area contributed by atoms with Crippen LogP contribution in [0.1, 0.15) is 16.7 Å². The first-order valence-corrected chi connectivity index (χ1v) is 6.69. The van der Waals surface area contributed by atoms with E-state index in [1.165, 1.54) is 19.2 Å². The zero-order valence-electron chi connectivity index (χ0n) is 12.4. The summed E-state index contributed by atoms with van der Waals surface area (Å²) in [7, 11) is 1.41. The molecule has 0 saturated carbocycles. The predicted octanol–water partition coefficient (Wildman–Crippen LogP) is 3.63. The summed E-state index contributed by atoms with van der Waals surface area (Å²) >= 11 is 0. The average Bonchev–Trinajstić information content (AvgIpc) is 2.42. The third-order valence-electron chi connectivity index (χ3n) is 3.24. The van der Waals surface area contributed by atoms with Crippen LogP contribution in [0.25, 0.3) is 0 Å². The Morgan fingerprint density at radius 3 is 2.57 bits per heavy atom. The molecule has 4 heteroatoms. The third-order valence-corrected chi connectivity index (χ3v) is 3.24. The Bertz CT molecular complexity index is 668. The molecule has 0 bridgehead atoms. The Kier molecular flexibility index (Phi) is 4.58. The van der Waals surface area contributed by atoms with Gasteiger partial charge in [0.25, 0.3) is 0 Å². The van der Waals surface area contributed by atoms with E-state index in [9.17, 15) is 9.18 Å². The summed E-state index contributed by atoms with van der Waals surface area (Å²) in [5.41, 5.74) is 3.53. The minimum atomic E-state index is -0.464. The minimum Gasteiger partial charge on any atom is -0.494 e. The number of hydrogen-bond acceptors (Lipinski definition) is 2. The van der Waals surface area contributed by atoms with E-state index in [4.69, 9.17) is 4.74 Å². The molecule has 0 aliphatic rings. The van der Waals surface area contributed by atoms with Crippen LogP contribution in [0.15, 0.2) is 36.4 Å². The molecular weight excluding hydrogens is 269 g/mol. The molecule has 0 spiro atoms. The number of carbonyl (C=O) groups excluding carboxylic acids is 1. The predicted molar refractivity (Wildman–Crippen MR) is 81.2 cm³/mol. The van der Waals surface area contributed by atoms with Crippen molar-refractivity contribution in [3.63, 3.8) is 0 Å². The smallest absolute Gasteiger partial charge is 0.228 e. The second kappa shape index (κ2) is 6.39. The van der Waals surface area contributed by atoms with Crippen LogP contribution in [-0.4, -0.2) is 13.0 Å². The highest BCUT2D eigenvalue weighted by atomic mass is 19.1. The number of aryl methyl sites for hydroxylation is 2. The van der Waals surface area contributed by atoms with Crippen LogP contribution >= 0.6 is 0 Å². The van der Waals surface area contributed by atoms with E-state index in [1.807, 2.05) is 32.0 Å². The van der Waals surface area contributed by atoms with E-state index >= 15 is 0 Å². The van der Waals surface area contributed by atoms with E-state index in [1.54, 1.807) is 6.07 Å². The van der Waals surface area contributed by atoms with E-state index in [2.05, 4.69) is 5.32 Å². The van der Waals surface area contributed by atoms with Crippen LogP contribution in [0, 0.1) is 19.7 Å². The van der Waals surface area contributed by atoms with Crippen LogP contribution in [0.5, 0.6) is 5.75 Å². The Hall–Kier alpha value is -2.36. The second-order valence-electron chi connectivity index (χ2n) is 5.01. The quantitative estimate of drug-likeness (QED) is 0.932. The topological polar surface area (TPSA) is 38.3 Å². The van der Waals surface area contributed by atoms with Gasteiger partial charge >= 0.3 is 0 Å².